The maximum atomic E-state index is 13.3. The molecule has 0 aliphatic carbocycles. The lowest BCUT2D eigenvalue weighted by molar-refractivity contribution is 0.0932. The lowest BCUT2D eigenvalue weighted by Gasteiger charge is -2.06. The summed E-state index contributed by atoms with van der Waals surface area (Å²) >= 11 is 2.83. The molecule has 0 atom stereocenters. The van der Waals surface area contributed by atoms with Crippen LogP contribution in [0.2, 0.25) is 0 Å². The molecule has 1 aromatic rings. The third kappa shape index (κ3) is 3.24. The van der Waals surface area contributed by atoms with Crippen molar-refractivity contribution in [2.45, 2.75) is 0 Å². The van der Waals surface area contributed by atoms with Gasteiger partial charge in [-0.1, -0.05) is 0 Å². The first-order valence-electron chi connectivity index (χ1n) is 4.48. The summed E-state index contributed by atoms with van der Waals surface area (Å²) in [7, 11) is 1.48. The largest absolute Gasteiger partial charge is 0.383 e. The van der Waals surface area contributed by atoms with Crippen molar-refractivity contribution >= 4 is 21.8 Å². The van der Waals surface area contributed by atoms with Gasteiger partial charge in [-0.2, -0.15) is 0 Å². The van der Waals surface area contributed by atoms with Crippen molar-refractivity contribution in [1.82, 2.24) is 5.32 Å². The molecule has 0 saturated heterocycles. The minimum Gasteiger partial charge on any atom is -0.383 e. The van der Waals surface area contributed by atoms with Crippen LogP contribution in [0, 0.1) is 11.6 Å². The number of hydrogen-bond acceptors (Lipinski definition) is 2. The number of carbonyl (C=O) groups excluding carboxylic acids is 1. The van der Waals surface area contributed by atoms with E-state index in [9.17, 15) is 13.6 Å². The van der Waals surface area contributed by atoms with E-state index >= 15 is 0 Å². The minimum atomic E-state index is -0.775. The highest BCUT2D eigenvalue weighted by Gasteiger charge is 2.14. The highest BCUT2D eigenvalue weighted by molar-refractivity contribution is 9.10. The van der Waals surface area contributed by atoms with Gasteiger partial charge in [0.2, 0.25) is 0 Å². The fourth-order valence-electron chi connectivity index (χ4n) is 1.06. The van der Waals surface area contributed by atoms with Crippen LogP contribution in [0.4, 0.5) is 8.78 Å². The van der Waals surface area contributed by atoms with Gasteiger partial charge < -0.3 is 10.1 Å². The van der Waals surface area contributed by atoms with Gasteiger partial charge in [0, 0.05) is 13.7 Å². The second-order valence-electron chi connectivity index (χ2n) is 2.99. The smallest absolute Gasteiger partial charge is 0.254 e. The number of nitrogens with one attached hydrogen (secondary N) is 1. The molecule has 1 aromatic carbocycles. The summed E-state index contributed by atoms with van der Waals surface area (Å²) in [6.07, 6.45) is 0. The SMILES string of the molecule is COCCNC(=O)c1cc(F)c(Br)cc1F. The van der Waals surface area contributed by atoms with Crippen molar-refractivity contribution in [3.8, 4) is 0 Å². The van der Waals surface area contributed by atoms with Crippen LogP contribution in [0.15, 0.2) is 16.6 Å². The second kappa shape index (κ2) is 5.91. The number of methoxy groups -OCH3 is 1. The summed E-state index contributed by atoms with van der Waals surface area (Å²) in [5.74, 6) is -2.12. The molecule has 16 heavy (non-hydrogen) atoms. The van der Waals surface area contributed by atoms with Gasteiger partial charge in [0.05, 0.1) is 16.6 Å². The fourth-order valence-corrected chi connectivity index (χ4v) is 1.37. The van der Waals surface area contributed by atoms with Crippen molar-refractivity contribution in [3.63, 3.8) is 0 Å². The molecule has 6 heteroatoms. The summed E-state index contributed by atoms with van der Waals surface area (Å²) < 4.78 is 31.1. The molecule has 0 bridgehead atoms. The van der Waals surface area contributed by atoms with Gasteiger partial charge in [-0.25, -0.2) is 8.78 Å². The Hall–Kier alpha value is -1.01. The zero-order valence-electron chi connectivity index (χ0n) is 8.52. The number of halogens is 3. The van der Waals surface area contributed by atoms with Crippen molar-refractivity contribution in [2.75, 3.05) is 20.3 Å². The summed E-state index contributed by atoms with van der Waals surface area (Å²) in [6, 6.07) is 1.77. The van der Waals surface area contributed by atoms with E-state index in [-0.39, 0.29) is 16.6 Å². The molecular weight excluding hydrogens is 284 g/mol. The topological polar surface area (TPSA) is 38.3 Å². The molecule has 3 nitrogen and oxygen atoms in total. The van der Waals surface area contributed by atoms with Crippen LogP contribution in [-0.4, -0.2) is 26.2 Å². The normalized spacial score (nSPS) is 10.2. The number of hydrogen-bond donors (Lipinski definition) is 1. The zero-order valence-corrected chi connectivity index (χ0v) is 10.1. The number of carbonyl (C=O) groups is 1. The molecule has 0 radical (unpaired) electrons. The monoisotopic (exact) mass is 293 g/mol. The molecule has 0 heterocycles. The third-order valence-corrected chi connectivity index (χ3v) is 2.45. The van der Waals surface area contributed by atoms with Crippen LogP contribution >= 0.6 is 15.9 Å². The maximum Gasteiger partial charge on any atom is 0.254 e. The highest BCUT2D eigenvalue weighted by Crippen LogP contribution is 2.19. The van der Waals surface area contributed by atoms with Crippen LogP contribution in [-0.2, 0) is 4.74 Å². The molecule has 1 amide bonds. The first kappa shape index (κ1) is 13.1. The average Bonchev–Trinajstić information content (AvgIpc) is 2.23. The molecular formula is C10H10BrF2NO2. The molecule has 0 saturated carbocycles. The van der Waals surface area contributed by atoms with Crippen LogP contribution < -0.4 is 5.32 Å². The molecule has 0 fully saturated rings. The number of amides is 1. The molecule has 0 aliphatic rings. The predicted octanol–water partition coefficient (Wildman–Crippen LogP) is 2.10. The lowest BCUT2D eigenvalue weighted by atomic mass is 10.2. The van der Waals surface area contributed by atoms with Gasteiger partial charge in [-0.05, 0) is 28.1 Å². The van der Waals surface area contributed by atoms with Crippen molar-refractivity contribution in [2.24, 2.45) is 0 Å². The Kier molecular flexibility index (Phi) is 4.82. The Labute approximate surface area is 99.9 Å². The van der Waals surface area contributed by atoms with Crippen LogP contribution in [0.1, 0.15) is 10.4 Å². The fraction of sp³-hybridized carbons (Fsp3) is 0.300. The Morgan fingerprint density at radius 1 is 1.44 bits per heavy atom. The van der Waals surface area contributed by atoms with Gasteiger partial charge in [-0.3, -0.25) is 4.79 Å². The summed E-state index contributed by atoms with van der Waals surface area (Å²) in [4.78, 5) is 11.4. The minimum absolute atomic E-state index is 0.0153. The van der Waals surface area contributed by atoms with E-state index in [1.807, 2.05) is 0 Å². The van der Waals surface area contributed by atoms with Gasteiger partial charge in [0.1, 0.15) is 11.6 Å². The molecule has 1 N–H and O–H groups in total. The average molecular weight is 294 g/mol. The van der Waals surface area contributed by atoms with Crippen molar-refractivity contribution < 1.29 is 18.3 Å². The standard InChI is InChI=1S/C10H10BrF2NO2/c1-16-3-2-14-10(15)6-4-9(13)7(11)5-8(6)12/h4-5H,2-3H2,1H3,(H,14,15). The number of benzene rings is 1. The molecule has 88 valence electrons. The molecule has 0 aromatic heterocycles. The van der Waals surface area contributed by atoms with Crippen LogP contribution in [0.25, 0.3) is 0 Å². The summed E-state index contributed by atoms with van der Waals surface area (Å²) in [5, 5.41) is 2.40. The van der Waals surface area contributed by atoms with E-state index in [0.29, 0.717) is 6.61 Å². The second-order valence-corrected chi connectivity index (χ2v) is 3.85. The van der Waals surface area contributed by atoms with Crippen LogP contribution in [0.3, 0.4) is 0 Å². The van der Waals surface area contributed by atoms with Gasteiger partial charge in [-0.15, -0.1) is 0 Å². The first-order valence-corrected chi connectivity index (χ1v) is 5.27. The Morgan fingerprint density at radius 2 is 2.12 bits per heavy atom. The molecule has 0 spiro atoms. The first-order chi connectivity index (χ1) is 7.56. The molecule has 1 rings (SSSR count). The number of ether oxygens (including phenoxy) is 1. The third-order valence-electron chi connectivity index (χ3n) is 1.85. The van der Waals surface area contributed by atoms with E-state index in [2.05, 4.69) is 21.2 Å². The highest BCUT2D eigenvalue weighted by atomic mass is 79.9. The Morgan fingerprint density at radius 3 is 2.75 bits per heavy atom. The summed E-state index contributed by atoms with van der Waals surface area (Å²) in [6.45, 7) is 0.554. The molecule has 0 unspecified atom stereocenters. The van der Waals surface area contributed by atoms with Crippen molar-refractivity contribution in [1.29, 1.82) is 0 Å². The van der Waals surface area contributed by atoms with Gasteiger partial charge >= 0.3 is 0 Å². The van der Waals surface area contributed by atoms with Gasteiger partial charge in [0.15, 0.2) is 0 Å². The Balaban J connectivity index is 2.79. The van der Waals surface area contributed by atoms with Gasteiger partial charge in [0.25, 0.3) is 5.91 Å². The van der Waals surface area contributed by atoms with Crippen molar-refractivity contribution in [3.05, 3.63) is 33.8 Å². The quantitative estimate of drug-likeness (QED) is 0.682. The summed E-state index contributed by atoms with van der Waals surface area (Å²) in [5.41, 5.74) is -0.322. The zero-order chi connectivity index (χ0) is 12.1. The van der Waals surface area contributed by atoms with E-state index in [4.69, 9.17) is 4.74 Å². The van der Waals surface area contributed by atoms with Crippen LogP contribution in [0.5, 0.6) is 0 Å². The predicted molar refractivity (Wildman–Crippen MR) is 58.3 cm³/mol. The van der Waals surface area contributed by atoms with E-state index in [1.165, 1.54) is 7.11 Å². The van der Waals surface area contributed by atoms with E-state index in [1.54, 1.807) is 0 Å². The number of rotatable bonds is 4. The maximum absolute atomic E-state index is 13.3. The van der Waals surface area contributed by atoms with E-state index < -0.39 is 17.5 Å². The molecule has 0 aliphatic heterocycles. The lowest BCUT2D eigenvalue weighted by Crippen LogP contribution is -2.27. The van der Waals surface area contributed by atoms with E-state index in [0.717, 1.165) is 12.1 Å². The Bertz CT molecular complexity index is 399.